The van der Waals surface area contributed by atoms with Crippen molar-refractivity contribution in [2.24, 2.45) is 5.92 Å². The van der Waals surface area contributed by atoms with Crippen molar-refractivity contribution in [2.45, 2.75) is 30.5 Å². The van der Waals surface area contributed by atoms with E-state index in [1.165, 1.54) is 21.7 Å². The quantitative estimate of drug-likeness (QED) is 0.468. The molecule has 1 saturated carbocycles. The van der Waals surface area contributed by atoms with Crippen LogP contribution < -0.4 is 4.90 Å². The number of carbonyl (C=O) groups excluding carboxylic acids is 1. The Morgan fingerprint density at radius 3 is 2.47 bits per heavy atom. The molecule has 0 spiro atoms. The minimum atomic E-state index is -4.76. The number of anilines is 1. The zero-order valence-corrected chi connectivity index (χ0v) is 18.7. The Balaban J connectivity index is 1.38. The fourth-order valence-electron chi connectivity index (χ4n) is 4.29. The summed E-state index contributed by atoms with van der Waals surface area (Å²) in [6.07, 6.45) is -0.624. The van der Waals surface area contributed by atoms with E-state index in [2.05, 4.69) is 10.1 Å². The fourth-order valence-corrected chi connectivity index (χ4v) is 4.55. The van der Waals surface area contributed by atoms with Crippen molar-refractivity contribution >= 4 is 34.8 Å². The van der Waals surface area contributed by atoms with Gasteiger partial charge in [0.1, 0.15) is 5.82 Å². The van der Waals surface area contributed by atoms with Crippen LogP contribution in [0.4, 0.5) is 27.1 Å². The maximum absolute atomic E-state index is 14.3. The van der Waals surface area contributed by atoms with Gasteiger partial charge in [0.25, 0.3) is 5.91 Å². The third-order valence-electron chi connectivity index (χ3n) is 6.22. The van der Waals surface area contributed by atoms with Gasteiger partial charge >= 0.3 is 6.18 Å². The Labute approximate surface area is 196 Å². The smallest absolute Gasteiger partial charge is 0.366 e. The lowest BCUT2D eigenvalue weighted by Gasteiger charge is -2.36. The topological polar surface area (TPSA) is 54.3 Å². The van der Waals surface area contributed by atoms with E-state index in [0.717, 1.165) is 31.3 Å². The molecule has 2 aromatic heterocycles. The van der Waals surface area contributed by atoms with Crippen LogP contribution >= 0.6 is 12.1 Å². The molecule has 180 valence electrons. The normalized spacial score (nSPS) is 17.0. The van der Waals surface area contributed by atoms with Gasteiger partial charge in [-0.15, -0.1) is 0 Å². The van der Waals surface area contributed by atoms with E-state index in [1.807, 2.05) is 0 Å². The molecule has 6 nitrogen and oxygen atoms in total. The van der Waals surface area contributed by atoms with Crippen LogP contribution in [-0.4, -0.2) is 51.8 Å². The monoisotopic (exact) mass is 497 g/mol. The van der Waals surface area contributed by atoms with E-state index in [-0.39, 0.29) is 59.9 Å². The number of fused-ring (bicyclic) bond motifs is 1. The highest BCUT2D eigenvalue weighted by atomic mass is 32.2. The number of rotatable bonds is 5. The zero-order chi connectivity index (χ0) is 24.0. The molecule has 0 atom stereocenters. The van der Waals surface area contributed by atoms with Gasteiger partial charge in [0.2, 0.25) is 0 Å². The lowest BCUT2D eigenvalue weighted by atomic mass is 10.0. The molecule has 0 N–H and O–H groups in total. The van der Waals surface area contributed by atoms with E-state index >= 15 is 0 Å². The summed E-state index contributed by atoms with van der Waals surface area (Å²) in [7, 11) is 0. The first-order valence-corrected chi connectivity index (χ1v) is 11.5. The Morgan fingerprint density at radius 2 is 1.85 bits per heavy atom. The largest absolute Gasteiger partial charge is 0.418 e. The molecule has 5 rings (SSSR count). The molecule has 0 unspecified atom stereocenters. The summed E-state index contributed by atoms with van der Waals surface area (Å²) in [5.41, 5.74) is -1.18. The highest BCUT2D eigenvalue weighted by Gasteiger charge is 2.40. The Bertz CT molecular complexity index is 1230. The van der Waals surface area contributed by atoms with Gasteiger partial charge in [-0.05, 0) is 37.0 Å². The molecule has 12 heteroatoms. The number of piperazine rings is 1. The second-order valence-electron chi connectivity index (χ2n) is 8.52. The van der Waals surface area contributed by atoms with E-state index < -0.39 is 29.0 Å². The maximum Gasteiger partial charge on any atom is 0.418 e. The van der Waals surface area contributed by atoms with Gasteiger partial charge in [-0.3, -0.25) is 4.79 Å². The Hall–Kier alpha value is -2.89. The number of benzene rings is 1. The molecule has 1 saturated heterocycles. The van der Waals surface area contributed by atoms with Gasteiger partial charge in [-0.2, -0.15) is 22.2 Å². The summed E-state index contributed by atoms with van der Waals surface area (Å²) < 4.78 is 70.6. The van der Waals surface area contributed by atoms with Gasteiger partial charge < -0.3 is 9.80 Å². The van der Waals surface area contributed by atoms with Crippen molar-refractivity contribution in [3.05, 3.63) is 47.5 Å². The molecule has 0 bridgehead atoms. The van der Waals surface area contributed by atoms with Gasteiger partial charge in [-0.1, -0.05) is 0 Å². The highest BCUT2D eigenvalue weighted by Crippen LogP contribution is 2.38. The highest BCUT2D eigenvalue weighted by molar-refractivity contribution is 7.94. The minimum Gasteiger partial charge on any atom is -0.366 e. The van der Waals surface area contributed by atoms with Crippen molar-refractivity contribution < 1.29 is 26.2 Å². The molecule has 3 aromatic rings. The number of hydrogen-bond acceptors (Lipinski definition) is 5. The van der Waals surface area contributed by atoms with Crippen molar-refractivity contribution in [1.29, 1.82) is 0 Å². The number of halogens is 5. The van der Waals surface area contributed by atoms with Gasteiger partial charge in [0, 0.05) is 43.8 Å². The number of pyridine rings is 1. The van der Waals surface area contributed by atoms with E-state index in [9.17, 15) is 26.2 Å². The molecule has 2 aliphatic rings. The number of aromatic nitrogens is 3. The van der Waals surface area contributed by atoms with Crippen LogP contribution in [0.5, 0.6) is 0 Å². The first-order chi connectivity index (χ1) is 16.3. The predicted molar refractivity (Wildman–Crippen MR) is 117 cm³/mol. The van der Waals surface area contributed by atoms with Crippen LogP contribution in [0, 0.1) is 11.7 Å². The van der Waals surface area contributed by atoms with Crippen LogP contribution in [0.25, 0.3) is 11.0 Å². The fraction of sp³-hybridized carbons (Fsp3) is 0.409. The van der Waals surface area contributed by atoms with Crippen LogP contribution in [0.2, 0.25) is 0 Å². The zero-order valence-electron chi connectivity index (χ0n) is 17.9. The van der Waals surface area contributed by atoms with Crippen LogP contribution in [0.3, 0.4) is 0 Å². The third kappa shape index (κ3) is 4.30. The Kier molecular flexibility index (Phi) is 5.86. The summed E-state index contributed by atoms with van der Waals surface area (Å²) >= 11 is -0.0637. The Morgan fingerprint density at radius 1 is 1.12 bits per heavy atom. The molecular formula is C22H20F5N5OS. The number of alkyl halides is 3. The predicted octanol–water partition coefficient (Wildman–Crippen LogP) is 4.94. The molecule has 3 heterocycles. The summed E-state index contributed by atoms with van der Waals surface area (Å²) in [4.78, 5) is 20.4. The summed E-state index contributed by atoms with van der Waals surface area (Å²) in [6.45, 7) is 1.16. The molecule has 34 heavy (non-hydrogen) atoms. The third-order valence-corrected chi connectivity index (χ3v) is 6.66. The SMILES string of the molecule is O=C(c1cnc2c(cnn2CC2CC2)c1C(F)(F)F)N1CCN(c2ccc(SF)cc2F)CC1. The summed E-state index contributed by atoms with van der Waals surface area (Å²) in [5, 5.41) is 3.90. The van der Waals surface area contributed by atoms with Crippen molar-refractivity contribution in [2.75, 3.05) is 31.1 Å². The van der Waals surface area contributed by atoms with E-state index in [4.69, 9.17) is 0 Å². The van der Waals surface area contributed by atoms with Crippen molar-refractivity contribution in [3.63, 3.8) is 0 Å². The number of hydrogen-bond donors (Lipinski definition) is 0. The molecule has 0 radical (unpaired) electrons. The lowest BCUT2D eigenvalue weighted by Crippen LogP contribution is -2.49. The number of carbonyl (C=O) groups is 1. The van der Waals surface area contributed by atoms with Crippen LogP contribution in [-0.2, 0) is 12.7 Å². The summed E-state index contributed by atoms with van der Waals surface area (Å²) in [6, 6.07) is 3.98. The number of amides is 1. The second kappa shape index (κ2) is 8.71. The molecule has 1 aromatic carbocycles. The molecule has 1 aliphatic heterocycles. The molecule has 1 aliphatic carbocycles. The standard InChI is InChI=1S/C22H20F5N5OS/c23-17-9-14(34-27)3-4-18(17)30-5-7-31(8-6-30)21(33)16-10-28-20-15(19(16)22(24,25)26)11-29-32(20)12-13-1-2-13/h3-4,9-11,13H,1-2,5-8,12H2. The van der Waals surface area contributed by atoms with Gasteiger partial charge in [0.15, 0.2) is 5.65 Å². The van der Waals surface area contributed by atoms with Gasteiger partial charge in [-0.25, -0.2) is 14.1 Å². The van der Waals surface area contributed by atoms with Crippen molar-refractivity contribution in [3.8, 4) is 0 Å². The van der Waals surface area contributed by atoms with Crippen molar-refractivity contribution in [1.82, 2.24) is 19.7 Å². The molecule has 2 fully saturated rings. The average Bonchev–Trinajstić information content (AvgIpc) is 3.55. The minimum absolute atomic E-state index is 0.0637. The second-order valence-corrected chi connectivity index (χ2v) is 9.15. The van der Waals surface area contributed by atoms with E-state index in [1.54, 1.807) is 4.90 Å². The van der Waals surface area contributed by atoms with Gasteiger partial charge in [0.05, 0.1) is 40.5 Å². The average molecular weight is 497 g/mol. The summed E-state index contributed by atoms with van der Waals surface area (Å²) in [5.74, 6) is -0.978. The number of nitrogens with zero attached hydrogens (tertiary/aromatic N) is 5. The van der Waals surface area contributed by atoms with E-state index in [0.29, 0.717) is 12.5 Å². The first-order valence-electron chi connectivity index (χ1n) is 10.8. The maximum atomic E-state index is 14.3. The van der Waals surface area contributed by atoms with Crippen LogP contribution in [0.1, 0.15) is 28.8 Å². The molecular weight excluding hydrogens is 477 g/mol. The first kappa shape index (κ1) is 22.9. The molecule has 1 amide bonds. The lowest BCUT2D eigenvalue weighted by molar-refractivity contribution is -0.136. The van der Waals surface area contributed by atoms with Crippen LogP contribution in [0.15, 0.2) is 35.5 Å².